The molecule has 1 heterocycles. The van der Waals surface area contributed by atoms with E-state index < -0.39 is 0 Å². The van der Waals surface area contributed by atoms with Crippen molar-refractivity contribution in [1.82, 2.24) is 9.97 Å². The minimum Gasteiger partial charge on any atom is -0.373 e. The van der Waals surface area contributed by atoms with E-state index >= 15 is 0 Å². The number of aromatic nitrogens is 2. The lowest BCUT2D eigenvalue weighted by Crippen LogP contribution is -1.99. The molecular weight excluding hydrogens is 330 g/mol. The average molecular weight is 346 g/mol. The normalized spacial score (nSPS) is 10.8. The van der Waals surface area contributed by atoms with E-state index in [4.69, 9.17) is 16.6 Å². The molecule has 3 aromatic carbocycles. The molecule has 0 saturated heterocycles. The summed E-state index contributed by atoms with van der Waals surface area (Å²) in [4.78, 5) is 9.44. The van der Waals surface area contributed by atoms with Gasteiger partial charge in [0.25, 0.3) is 0 Å². The van der Waals surface area contributed by atoms with E-state index in [1.165, 1.54) is 0 Å². The van der Waals surface area contributed by atoms with Crippen molar-refractivity contribution < 1.29 is 0 Å². The van der Waals surface area contributed by atoms with Crippen LogP contribution in [-0.4, -0.2) is 17.0 Å². The quantitative estimate of drug-likeness (QED) is 0.520. The first-order chi connectivity index (χ1) is 12.2. The molecule has 0 amide bonds. The Morgan fingerprint density at radius 2 is 1.52 bits per heavy atom. The smallest absolute Gasteiger partial charge is 0.162 e. The van der Waals surface area contributed by atoms with Crippen molar-refractivity contribution >= 4 is 28.3 Å². The van der Waals surface area contributed by atoms with Crippen molar-refractivity contribution in [3.63, 3.8) is 0 Å². The fraction of sp³-hybridized carbons (Fsp3) is 0.0476. The number of hydrogen-bond donors (Lipinski definition) is 1. The highest BCUT2D eigenvalue weighted by molar-refractivity contribution is 6.30. The van der Waals surface area contributed by atoms with Crippen molar-refractivity contribution in [3.05, 3.63) is 77.8 Å². The largest absolute Gasteiger partial charge is 0.373 e. The molecule has 0 bridgehead atoms. The van der Waals surface area contributed by atoms with Crippen molar-refractivity contribution in [3.8, 4) is 22.5 Å². The number of halogens is 1. The van der Waals surface area contributed by atoms with Crippen molar-refractivity contribution in [2.24, 2.45) is 0 Å². The Labute approximate surface area is 151 Å². The molecule has 0 aliphatic carbocycles. The van der Waals surface area contributed by atoms with E-state index in [2.05, 4.69) is 22.4 Å². The number of fused-ring (bicyclic) bond motifs is 1. The fourth-order valence-electron chi connectivity index (χ4n) is 2.88. The van der Waals surface area contributed by atoms with E-state index in [1.54, 1.807) is 0 Å². The highest BCUT2D eigenvalue weighted by atomic mass is 35.5. The predicted molar refractivity (Wildman–Crippen MR) is 105 cm³/mol. The van der Waals surface area contributed by atoms with Gasteiger partial charge in [-0.2, -0.15) is 0 Å². The summed E-state index contributed by atoms with van der Waals surface area (Å²) in [5.74, 6) is 1.53. The first-order valence-electron chi connectivity index (χ1n) is 8.05. The molecule has 0 saturated carbocycles. The van der Waals surface area contributed by atoms with Gasteiger partial charge >= 0.3 is 0 Å². The molecule has 0 radical (unpaired) electrons. The Morgan fingerprint density at radius 3 is 2.28 bits per heavy atom. The molecule has 25 heavy (non-hydrogen) atoms. The van der Waals surface area contributed by atoms with Crippen LogP contribution < -0.4 is 5.32 Å². The number of benzene rings is 3. The second-order valence-corrected chi connectivity index (χ2v) is 6.19. The van der Waals surface area contributed by atoms with E-state index in [1.807, 2.05) is 67.7 Å². The SMILES string of the molecule is CNc1nc(-c2ccccc2)nc2cc(-c3cccc(Cl)c3)ccc12. The highest BCUT2D eigenvalue weighted by Gasteiger charge is 2.10. The van der Waals surface area contributed by atoms with Crippen molar-refractivity contribution in [1.29, 1.82) is 0 Å². The summed E-state index contributed by atoms with van der Waals surface area (Å²) in [6.07, 6.45) is 0. The molecular formula is C21H16ClN3. The molecule has 0 spiro atoms. The number of nitrogens with one attached hydrogen (secondary N) is 1. The number of nitrogens with zero attached hydrogens (tertiary/aromatic N) is 2. The van der Waals surface area contributed by atoms with Gasteiger partial charge in [0, 0.05) is 23.0 Å². The van der Waals surface area contributed by atoms with Crippen LogP contribution in [0.4, 0.5) is 5.82 Å². The molecule has 0 aliphatic rings. The zero-order valence-corrected chi connectivity index (χ0v) is 14.5. The van der Waals surface area contributed by atoms with Crippen LogP contribution in [0.15, 0.2) is 72.8 Å². The molecule has 4 aromatic rings. The van der Waals surface area contributed by atoms with Gasteiger partial charge in [-0.15, -0.1) is 0 Å². The van der Waals surface area contributed by atoms with E-state index in [9.17, 15) is 0 Å². The Balaban J connectivity index is 1.91. The summed E-state index contributed by atoms with van der Waals surface area (Å²) in [6.45, 7) is 0. The Hall–Kier alpha value is -2.91. The molecule has 4 heteroatoms. The molecule has 3 nitrogen and oxygen atoms in total. The van der Waals surface area contributed by atoms with Gasteiger partial charge in [-0.05, 0) is 35.4 Å². The number of anilines is 1. The third-order valence-corrected chi connectivity index (χ3v) is 4.36. The van der Waals surface area contributed by atoms with Crippen LogP contribution in [0.3, 0.4) is 0 Å². The van der Waals surface area contributed by atoms with Crippen LogP contribution in [0.5, 0.6) is 0 Å². The lowest BCUT2D eigenvalue weighted by atomic mass is 10.0. The fourth-order valence-corrected chi connectivity index (χ4v) is 3.07. The molecule has 122 valence electrons. The number of hydrogen-bond acceptors (Lipinski definition) is 3. The minimum atomic E-state index is 0.709. The van der Waals surface area contributed by atoms with Gasteiger partial charge in [-0.25, -0.2) is 9.97 Å². The first kappa shape index (κ1) is 15.6. The van der Waals surface area contributed by atoms with E-state index in [0.29, 0.717) is 5.82 Å². The van der Waals surface area contributed by atoms with Gasteiger partial charge in [0.05, 0.1) is 5.52 Å². The zero-order chi connectivity index (χ0) is 17.2. The second kappa shape index (κ2) is 6.54. The molecule has 0 atom stereocenters. The summed E-state index contributed by atoms with van der Waals surface area (Å²) in [5.41, 5.74) is 4.04. The van der Waals surface area contributed by atoms with Gasteiger partial charge < -0.3 is 5.32 Å². The predicted octanol–water partition coefficient (Wildman–Crippen LogP) is 5.66. The van der Waals surface area contributed by atoms with Crippen LogP contribution >= 0.6 is 11.6 Å². The molecule has 0 unspecified atom stereocenters. The van der Waals surface area contributed by atoms with Crippen molar-refractivity contribution in [2.45, 2.75) is 0 Å². The lowest BCUT2D eigenvalue weighted by Gasteiger charge is -2.10. The third-order valence-electron chi connectivity index (χ3n) is 4.12. The van der Waals surface area contributed by atoms with Crippen LogP contribution in [0.2, 0.25) is 5.02 Å². The van der Waals surface area contributed by atoms with Crippen LogP contribution in [0.1, 0.15) is 0 Å². The maximum absolute atomic E-state index is 6.13. The maximum atomic E-state index is 6.13. The van der Waals surface area contributed by atoms with Gasteiger partial charge in [0.15, 0.2) is 5.82 Å². The second-order valence-electron chi connectivity index (χ2n) is 5.75. The average Bonchev–Trinajstić information content (AvgIpc) is 2.67. The third kappa shape index (κ3) is 3.06. The Kier molecular flexibility index (Phi) is 4.08. The summed E-state index contributed by atoms with van der Waals surface area (Å²) in [6, 6.07) is 24.0. The van der Waals surface area contributed by atoms with Gasteiger partial charge in [-0.3, -0.25) is 0 Å². The van der Waals surface area contributed by atoms with Crippen LogP contribution in [0, 0.1) is 0 Å². The summed E-state index contributed by atoms with van der Waals surface area (Å²) in [7, 11) is 1.88. The molecule has 0 fully saturated rings. The number of rotatable bonds is 3. The molecule has 1 aromatic heterocycles. The van der Waals surface area contributed by atoms with Gasteiger partial charge in [0.1, 0.15) is 5.82 Å². The summed E-state index contributed by atoms with van der Waals surface area (Å²) < 4.78 is 0. The van der Waals surface area contributed by atoms with Crippen molar-refractivity contribution in [2.75, 3.05) is 12.4 Å². The molecule has 1 N–H and O–H groups in total. The van der Waals surface area contributed by atoms with E-state index in [0.717, 1.165) is 38.4 Å². The summed E-state index contributed by atoms with van der Waals surface area (Å²) in [5, 5.41) is 4.89. The first-order valence-corrected chi connectivity index (χ1v) is 8.43. The molecule has 4 rings (SSSR count). The monoisotopic (exact) mass is 345 g/mol. The minimum absolute atomic E-state index is 0.709. The molecule has 0 aliphatic heterocycles. The van der Waals surface area contributed by atoms with Crippen LogP contribution in [0.25, 0.3) is 33.4 Å². The van der Waals surface area contributed by atoms with Gasteiger partial charge in [-0.1, -0.05) is 60.1 Å². The van der Waals surface area contributed by atoms with Crippen LogP contribution in [-0.2, 0) is 0 Å². The standard InChI is InChI=1S/C21H16ClN3/c1-23-21-18-11-10-16(15-8-5-9-17(22)12-15)13-19(18)24-20(25-21)14-6-3-2-4-7-14/h2-13H,1H3,(H,23,24,25). The Morgan fingerprint density at radius 1 is 0.760 bits per heavy atom. The Bertz CT molecular complexity index is 1050. The zero-order valence-electron chi connectivity index (χ0n) is 13.7. The summed E-state index contributed by atoms with van der Waals surface area (Å²) >= 11 is 6.13. The van der Waals surface area contributed by atoms with E-state index in [-0.39, 0.29) is 0 Å². The highest BCUT2D eigenvalue weighted by Crippen LogP contribution is 2.30. The maximum Gasteiger partial charge on any atom is 0.162 e. The van der Waals surface area contributed by atoms with Gasteiger partial charge in [0.2, 0.25) is 0 Å². The topological polar surface area (TPSA) is 37.8 Å². The lowest BCUT2D eigenvalue weighted by molar-refractivity contribution is 1.21.